The summed E-state index contributed by atoms with van der Waals surface area (Å²) in [7, 11) is 1.50. The first kappa shape index (κ1) is 52.9. The summed E-state index contributed by atoms with van der Waals surface area (Å²) in [6, 6.07) is -0.882. The van der Waals surface area contributed by atoms with E-state index in [1.54, 1.807) is 6.08 Å². The number of likely N-dealkylation sites (N-methyl/N-ethyl adjacent to an activating group) is 1. The highest BCUT2D eigenvalue weighted by atomic mass is 31.2. The van der Waals surface area contributed by atoms with Crippen molar-refractivity contribution in [1.29, 1.82) is 0 Å². The second-order valence-corrected chi connectivity index (χ2v) is 16.1. The number of allylic oxidation sites excluding steroid dienone is 19. The van der Waals surface area contributed by atoms with Crippen LogP contribution in [-0.4, -0.2) is 73.4 Å². The van der Waals surface area contributed by atoms with E-state index < -0.39 is 20.0 Å². The number of carbonyl (C=O) groups is 1. The molecular formula is C47H78N2O6P+. The topological polar surface area (TPSA) is 105 Å². The van der Waals surface area contributed by atoms with Gasteiger partial charge in [0.15, 0.2) is 0 Å². The molecule has 56 heavy (non-hydrogen) atoms. The zero-order valence-electron chi connectivity index (χ0n) is 35.6. The van der Waals surface area contributed by atoms with Gasteiger partial charge in [-0.05, 0) is 83.5 Å². The maximum Gasteiger partial charge on any atom is 0.472 e. The van der Waals surface area contributed by atoms with Gasteiger partial charge in [0.05, 0.1) is 39.9 Å². The van der Waals surface area contributed by atoms with Crippen molar-refractivity contribution in [2.24, 2.45) is 0 Å². The van der Waals surface area contributed by atoms with Gasteiger partial charge < -0.3 is 19.8 Å². The average Bonchev–Trinajstić information content (AvgIpc) is 3.15. The smallest absolute Gasteiger partial charge is 0.387 e. The van der Waals surface area contributed by atoms with E-state index in [0.29, 0.717) is 17.4 Å². The molecule has 3 atom stereocenters. The van der Waals surface area contributed by atoms with Gasteiger partial charge in [-0.15, -0.1) is 0 Å². The number of nitrogens with one attached hydrogen (secondary N) is 1. The fraction of sp³-hybridized carbons (Fsp3) is 0.553. The van der Waals surface area contributed by atoms with Crippen molar-refractivity contribution in [3.8, 4) is 0 Å². The number of carbonyl (C=O) groups excluding carboxylic acids is 1. The molecule has 0 aromatic carbocycles. The number of aliphatic hydroxyl groups is 1. The summed E-state index contributed by atoms with van der Waals surface area (Å²) >= 11 is 0. The van der Waals surface area contributed by atoms with Crippen LogP contribution in [0, 0.1) is 0 Å². The van der Waals surface area contributed by atoms with Gasteiger partial charge in [0.2, 0.25) is 5.91 Å². The predicted molar refractivity (Wildman–Crippen MR) is 239 cm³/mol. The van der Waals surface area contributed by atoms with Gasteiger partial charge in [-0.1, -0.05) is 148 Å². The number of phosphoric ester groups is 1. The summed E-state index contributed by atoms with van der Waals surface area (Å²) in [6.07, 6.45) is 56.1. The Hall–Kier alpha value is -3.10. The van der Waals surface area contributed by atoms with Crippen LogP contribution in [0.5, 0.6) is 0 Å². The van der Waals surface area contributed by atoms with Crippen LogP contribution >= 0.6 is 7.82 Å². The van der Waals surface area contributed by atoms with Crippen molar-refractivity contribution < 1.29 is 32.9 Å². The van der Waals surface area contributed by atoms with Crippen molar-refractivity contribution in [3.05, 3.63) is 122 Å². The molecule has 316 valence electrons. The number of unbranched alkanes of at least 4 members (excludes halogenated alkanes) is 4. The van der Waals surface area contributed by atoms with E-state index in [0.717, 1.165) is 89.9 Å². The Morgan fingerprint density at radius 1 is 0.625 bits per heavy atom. The fourth-order valence-electron chi connectivity index (χ4n) is 4.86. The van der Waals surface area contributed by atoms with Gasteiger partial charge in [0, 0.05) is 6.42 Å². The third-order valence-corrected chi connectivity index (χ3v) is 9.17. The van der Waals surface area contributed by atoms with E-state index in [1.807, 2.05) is 27.2 Å². The SMILES string of the molecule is CC/C=C\C/C=C\C/C=C\C/C=C\C/C=C\C/C=C\C/C=C\C/C=C\C/C=C\CCCC(=O)NC(COP(=O)(O)OCC[N+](C)(C)C)C(O)/C=C/CCCCC. The van der Waals surface area contributed by atoms with Crippen molar-refractivity contribution in [2.75, 3.05) is 40.9 Å². The summed E-state index contributed by atoms with van der Waals surface area (Å²) in [5.74, 6) is -0.250. The van der Waals surface area contributed by atoms with Crippen LogP contribution in [-0.2, 0) is 18.4 Å². The summed E-state index contributed by atoms with van der Waals surface area (Å²) < 4.78 is 23.3. The van der Waals surface area contributed by atoms with E-state index in [9.17, 15) is 19.4 Å². The third kappa shape index (κ3) is 39.1. The highest BCUT2D eigenvalue weighted by Crippen LogP contribution is 2.43. The average molecular weight is 798 g/mol. The first-order valence-corrected chi connectivity index (χ1v) is 22.4. The Bertz CT molecular complexity index is 1320. The Labute approximate surface area is 342 Å². The van der Waals surface area contributed by atoms with E-state index in [4.69, 9.17) is 9.05 Å². The molecule has 0 heterocycles. The first-order chi connectivity index (χ1) is 27.0. The van der Waals surface area contributed by atoms with Gasteiger partial charge in [-0.2, -0.15) is 0 Å². The maximum atomic E-state index is 12.7. The number of nitrogens with zero attached hydrogens (tertiary/aromatic N) is 1. The number of hydrogen-bond acceptors (Lipinski definition) is 5. The number of phosphoric acid groups is 1. The molecule has 1 amide bonds. The minimum absolute atomic E-state index is 0.0419. The molecule has 3 unspecified atom stereocenters. The largest absolute Gasteiger partial charge is 0.472 e. The molecule has 8 nitrogen and oxygen atoms in total. The Morgan fingerprint density at radius 2 is 1.05 bits per heavy atom. The summed E-state index contributed by atoms with van der Waals surface area (Å²) in [4.78, 5) is 22.8. The van der Waals surface area contributed by atoms with Gasteiger partial charge in [-0.25, -0.2) is 4.57 Å². The number of hydrogen-bond donors (Lipinski definition) is 3. The molecule has 0 fully saturated rings. The molecule has 0 rings (SSSR count). The molecule has 0 aromatic heterocycles. The van der Waals surface area contributed by atoms with Crippen LogP contribution in [0.1, 0.15) is 117 Å². The van der Waals surface area contributed by atoms with E-state index in [-0.39, 0.29) is 25.5 Å². The lowest BCUT2D eigenvalue weighted by Gasteiger charge is -2.25. The number of amides is 1. The molecular weight excluding hydrogens is 719 g/mol. The fourth-order valence-corrected chi connectivity index (χ4v) is 5.60. The Kier molecular flexibility index (Phi) is 35.4. The lowest BCUT2D eigenvalue weighted by atomic mass is 10.1. The van der Waals surface area contributed by atoms with Gasteiger partial charge in [0.1, 0.15) is 13.2 Å². The van der Waals surface area contributed by atoms with Crippen LogP contribution in [0.25, 0.3) is 0 Å². The molecule has 0 spiro atoms. The van der Waals surface area contributed by atoms with E-state index in [1.165, 1.54) is 0 Å². The van der Waals surface area contributed by atoms with Crippen molar-refractivity contribution >= 4 is 13.7 Å². The molecule has 0 aliphatic heterocycles. The van der Waals surface area contributed by atoms with Crippen LogP contribution in [0.3, 0.4) is 0 Å². The molecule has 0 radical (unpaired) electrons. The summed E-state index contributed by atoms with van der Waals surface area (Å²) in [6.45, 7) is 4.49. The normalized spacial score (nSPS) is 15.6. The zero-order valence-corrected chi connectivity index (χ0v) is 36.5. The number of aliphatic hydroxyl groups excluding tert-OH is 1. The highest BCUT2D eigenvalue weighted by molar-refractivity contribution is 7.47. The molecule has 3 N–H and O–H groups in total. The van der Waals surface area contributed by atoms with Gasteiger partial charge in [-0.3, -0.25) is 13.8 Å². The minimum Gasteiger partial charge on any atom is -0.387 e. The van der Waals surface area contributed by atoms with Gasteiger partial charge in [0.25, 0.3) is 0 Å². The quantitative estimate of drug-likeness (QED) is 0.0255. The second kappa shape index (κ2) is 37.5. The molecule has 9 heteroatoms. The minimum atomic E-state index is -4.34. The summed E-state index contributed by atoms with van der Waals surface area (Å²) in [5.41, 5.74) is 0. The number of rotatable bonds is 35. The van der Waals surface area contributed by atoms with E-state index in [2.05, 4.69) is 129 Å². The molecule has 0 saturated carbocycles. The molecule has 0 aromatic rings. The van der Waals surface area contributed by atoms with Crippen molar-refractivity contribution in [1.82, 2.24) is 5.32 Å². The lowest BCUT2D eigenvalue weighted by molar-refractivity contribution is -0.870. The lowest BCUT2D eigenvalue weighted by Crippen LogP contribution is -2.45. The monoisotopic (exact) mass is 798 g/mol. The third-order valence-electron chi connectivity index (χ3n) is 8.19. The Balaban J connectivity index is 4.27. The summed E-state index contributed by atoms with van der Waals surface area (Å²) in [5, 5.41) is 13.5. The van der Waals surface area contributed by atoms with Crippen LogP contribution in [0.4, 0.5) is 0 Å². The van der Waals surface area contributed by atoms with Crippen LogP contribution < -0.4 is 5.32 Å². The maximum absolute atomic E-state index is 12.7. The first-order valence-electron chi connectivity index (χ1n) is 20.9. The molecule has 0 aliphatic rings. The zero-order chi connectivity index (χ0) is 41.4. The van der Waals surface area contributed by atoms with E-state index >= 15 is 0 Å². The van der Waals surface area contributed by atoms with Crippen molar-refractivity contribution in [3.63, 3.8) is 0 Å². The highest BCUT2D eigenvalue weighted by Gasteiger charge is 2.27. The second-order valence-electron chi connectivity index (χ2n) is 14.6. The van der Waals surface area contributed by atoms with Gasteiger partial charge >= 0.3 is 7.82 Å². The Morgan fingerprint density at radius 3 is 1.48 bits per heavy atom. The van der Waals surface area contributed by atoms with Crippen LogP contribution in [0.15, 0.2) is 122 Å². The molecule has 0 aliphatic carbocycles. The molecule has 0 bridgehead atoms. The van der Waals surface area contributed by atoms with Crippen LogP contribution in [0.2, 0.25) is 0 Å². The molecule has 0 saturated heterocycles. The van der Waals surface area contributed by atoms with Crippen molar-refractivity contribution in [2.45, 2.75) is 129 Å². The number of quaternary nitrogens is 1. The predicted octanol–water partition coefficient (Wildman–Crippen LogP) is 11.5. The standard InChI is InChI=1S/C47H77N2O6P/c1-6-8-10-12-13-14-15-16-17-18-19-20-21-22-23-24-25-26-27-28-29-30-31-32-33-34-35-37-39-41-47(51)48-45(46(50)40-38-36-11-9-7-2)44-55-56(52,53)54-43-42-49(3,4)5/h8,10,13-14,16-17,19-20,22-23,25-26,28-29,31-32,34-35,38,40,45-46,50H,6-7,9,11-12,15,18,21,24,27,30,33,36-37,39,41-44H2,1-5H3,(H-,48,51,52,53)/p+1/b10-8-,14-13-,17-16-,20-19-,23-22-,26-25-,29-28-,32-31-,35-34-,40-38+.